The fourth-order valence-corrected chi connectivity index (χ4v) is 4.18. The number of rotatable bonds is 16. The van der Waals surface area contributed by atoms with Crippen molar-refractivity contribution in [3.63, 3.8) is 0 Å². The van der Waals surface area contributed by atoms with Crippen LogP contribution in [0.2, 0.25) is 0 Å². The van der Waals surface area contributed by atoms with Crippen molar-refractivity contribution >= 4 is 23.7 Å². The molecule has 0 saturated carbocycles. The van der Waals surface area contributed by atoms with Gasteiger partial charge in [-0.25, -0.2) is 0 Å². The second-order valence-electron chi connectivity index (χ2n) is 10.4. The third-order valence-electron chi connectivity index (χ3n) is 6.76. The van der Waals surface area contributed by atoms with Crippen molar-refractivity contribution in [3.05, 3.63) is 144 Å². The first-order valence-electron chi connectivity index (χ1n) is 15.6. The van der Waals surface area contributed by atoms with Crippen molar-refractivity contribution in [2.45, 2.75) is 52.4 Å². The van der Waals surface area contributed by atoms with Gasteiger partial charge in [0.05, 0.1) is 13.2 Å². The Balaban J connectivity index is 0.000000240. The topological polar surface area (TPSA) is 52.6 Å². The van der Waals surface area contributed by atoms with Crippen molar-refractivity contribution in [2.75, 3.05) is 13.2 Å². The van der Waals surface area contributed by atoms with Crippen molar-refractivity contribution in [1.82, 2.24) is 0 Å². The molecule has 4 rings (SSSR count). The van der Waals surface area contributed by atoms with E-state index in [2.05, 4.69) is 13.8 Å². The second-order valence-corrected chi connectivity index (χ2v) is 10.4. The summed E-state index contributed by atoms with van der Waals surface area (Å²) in [6.45, 7) is 5.88. The molecule has 4 aromatic rings. The summed E-state index contributed by atoms with van der Waals surface area (Å²) in [5, 5.41) is 0. The van der Waals surface area contributed by atoms with E-state index in [4.69, 9.17) is 9.47 Å². The molecule has 0 fully saturated rings. The SMILES string of the molecule is CCCCCOc1ccc(/C=C/C(=O)c2ccccc2)cc1.CCCCCOc1ccc(/C=C/C(=O)c2ccccc2)cc1. The Morgan fingerprint density at radius 1 is 0.500 bits per heavy atom. The van der Waals surface area contributed by atoms with E-state index in [-0.39, 0.29) is 11.6 Å². The molecule has 0 aliphatic carbocycles. The Hall–Kier alpha value is -4.70. The number of hydrogen-bond acceptors (Lipinski definition) is 4. The molecule has 4 heteroatoms. The largest absolute Gasteiger partial charge is 0.494 e. The number of unbranched alkanes of at least 4 members (excludes halogenated alkanes) is 4. The molecule has 0 bridgehead atoms. The Kier molecular flexibility index (Phi) is 15.6. The van der Waals surface area contributed by atoms with Gasteiger partial charge in [0, 0.05) is 11.1 Å². The molecule has 4 nitrogen and oxygen atoms in total. The molecule has 0 atom stereocenters. The minimum atomic E-state index is 0.0143. The van der Waals surface area contributed by atoms with Gasteiger partial charge in [0.1, 0.15) is 11.5 Å². The highest BCUT2D eigenvalue weighted by Gasteiger charge is 2.01. The number of carbonyl (C=O) groups excluding carboxylic acids is 2. The van der Waals surface area contributed by atoms with Gasteiger partial charge >= 0.3 is 0 Å². The average molecular weight is 589 g/mol. The fourth-order valence-electron chi connectivity index (χ4n) is 4.18. The van der Waals surface area contributed by atoms with Gasteiger partial charge in [-0.2, -0.15) is 0 Å². The van der Waals surface area contributed by atoms with Gasteiger partial charge in [0.15, 0.2) is 11.6 Å². The lowest BCUT2D eigenvalue weighted by Gasteiger charge is -2.05. The van der Waals surface area contributed by atoms with Crippen LogP contribution in [0.15, 0.2) is 121 Å². The zero-order chi connectivity index (χ0) is 31.2. The highest BCUT2D eigenvalue weighted by molar-refractivity contribution is 6.07. The Morgan fingerprint density at radius 2 is 0.864 bits per heavy atom. The maximum absolute atomic E-state index is 12.0. The highest BCUT2D eigenvalue weighted by Crippen LogP contribution is 2.16. The van der Waals surface area contributed by atoms with E-state index in [0.717, 1.165) is 48.7 Å². The normalized spacial score (nSPS) is 10.8. The summed E-state index contributed by atoms with van der Waals surface area (Å²) in [6, 6.07) is 34.2. The predicted octanol–water partition coefficient (Wildman–Crippen LogP) is 10.3. The van der Waals surface area contributed by atoms with Crippen LogP contribution < -0.4 is 9.47 Å². The number of ketones is 2. The summed E-state index contributed by atoms with van der Waals surface area (Å²) in [7, 11) is 0. The molecule has 0 spiro atoms. The predicted molar refractivity (Wildman–Crippen MR) is 183 cm³/mol. The maximum atomic E-state index is 12.0. The van der Waals surface area contributed by atoms with E-state index in [1.165, 1.54) is 25.7 Å². The molecular formula is C40H44O4. The van der Waals surface area contributed by atoms with Gasteiger partial charge < -0.3 is 9.47 Å². The lowest BCUT2D eigenvalue weighted by Crippen LogP contribution is -1.96. The van der Waals surface area contributed by atoms with Crippen molar-refractivity contribution in [3.8, 4) is 11.5 Å². The summed E-state index contributed by atoms with van der Waals surface area (Å²) in [5.41, 5.74) is 3.39. The van der Waals surface area contributed by atoms with Gasteiger partial charge in [0.2, 0.25) is 0 Å². The maximum Gasteiger partial charge on any atom is 0.185 e. The zero-order valence-electron chi connectivity index (χ0n) is 26.0. The quantitative estimate of drug-likeness (QED) is 0.0742. The monoisotopic (exact) mass is 588 g/mol. The fraction of sp³-hybridized carbons (Fsp3) is 0.250. The molecular weight excluding hydrogens is 544 g/mol. The van der Waals surface area contributed by atoms with Crippen LogP contribution >= 0.6 is 0 Å². The van der Waals surface area contributed by atoms with E-state index in [1.807, 2.05) is 121 Å². The van der Waals surface area contributed by atoms with E-state index in [1.54, 1.807) is 12.2 Å². The number of allylic oxidation sites excluding steroid dienone is 2. The first kappa shape index (κ1) is 33.8. The van der Waals surface area contributed by atoms with Crippen LogP contribution in [0.25, 0.3) is 12.2 Å². The summed E-state index contributed by atoms with van der Waals surface area (Å²) < 4.78 is 11.3. The van der Waals surface area contributed by atoms with Crippen LogP contribution in [0.3, 0.4) is 0 Å². The van der Waals surface area contributed by atoms with E-state index in [9.17, 15) is 9.59 Å². The number of carbonyl (C=O) groups is 2. The van der Waals surface area contributed by atoms with Crippen molar-refractivity contribution in [1.29, 1.82) is 0 Å². The third-order valence-corrected chi connectivity index (χ3v) is 6.76. The molecule has 0 aliphatic rings. The molecule has 0 aromatic heterocycles. The summed E-state index contributed by atoms with van der Waals surface area (Å²) >= 11 is 0. The van der Waals surface area contributed by atoms with Gasteiger partial charge in [-0.1, -0.05) is 137 Å². The molecule has 0 N–H and O–H groups in total. The van der Waals surface area contributed by atoms with Crippen LogP contribution in [0.5, 0.6) is 11.5 Å². The summed E-state index contributed by atoms with van der Waals surface area (Å²) in [6.07, 6.45) is 13.8. The molecule has 0 aliphatic heterocycles. The van der Waals surface area contributed by atoms with Crippen molar-refractivity contribution in [2.24, 2.45) is 0 Å². The first-order chi connectivity index (χ1) is 21.6. The Morgan fingerprint density at radius 3 is 1.20 bits per heavy atom. The van der Waals surface area contributed by atoms with E-state index >= 15 is 0 Å². The van der Waals surface area contributed by atoms with Crippen LogP contribution in [0.1, 0.15) is 84.2 Å². The molecule has 0 heterocycles. The average Bonchev–Trinajstić information content (AvgIpc) is 3.08. The van der Waals surface area contributed by atoms with Crippen LogP contribution in [0, 0.1) is 0 Å². The highest BCUT2D eigenvalue weighted by atomic mass is 16.5. The van der Waals surface area contributed by atoms with Crippen LogP contribution in [0.4, 0.5) is 0 Å². The molecule has 0 unspecified atom stereocenters. The summed E-state index contributed by atoms with van der Waals surface area (Å²) in [4.78, 5) is 24.0. The Labute approximate surface area is 263 Å². The number of benzene rings is 4. The molecule has 0 amide bonds. The standard InChI is InChI=1S/2C20H22O2/c2*1-2-3-7-16-22-19-13-10-17(11-14-19)12-15-20(21)18-8-5-4-6-9-18/h2*4-6,8-15H,2-3,7,16H2,1H3/b2*15-12+. The minimum Gasteiger partial charge on any atom is -0.494 e. The molecule has 44 heavy (non-hydrogen) atoms. The molecule has 0 radical (unpaired) electrons. The summed E-state index contributed by atoms with van der Waals surface area (Å²) in [5.74, 6) is 1.78. The van der Waals surface area contributed by atoms with Crippen molar-refractivity contribution < 1.29 is 19.1 Å². The van der Waals surface area contributed by atoms with Gasteiger partial charge in [-0.15, -0.1) is 0 Å². The number of ether oxygens (including phenoxy) is 2. The van der Waals surface area contributed by atoms with Gasteiger partial charge in [-0.3, -0.25) is 9.59 Å². The third kappa shape index (κ3) is 13.1. The lowest BCUT2D eigenvalue weighted by atomic mass is 10.1. The van der Waals surface area contributed by atoms with Crippen LogP contribution in [-0.4, -0.2) is 24.8 Å². The lowest BCUT2D eigenvalue weighted by molar-refractivity contribution is 0.103. The molecule has 0 saturated heterocycles. The van der Waals surface area contributed by atoms with E-state index in [0.29, 0.717) is 11.1 Å². The molecule has 4 aromatic carbocycles. The number of hydrogen-bond donors (Lipinski definition) is 0. The van der Waals surface area contributed by atoms with E-state index < -0.39 is 0 Å². The van der Waals surface area contributed by atoms with Crippen LogP contribution in [-0.2, 0) is 0 Å². The van der Waals surface area contributed by atoms with Gasteiger partial charge in [0.25, 0.3) is 0 Å². The smallest absolute Gasteiger partial charge is 0.185 e. The Bertz CT molecular complexity index is 1310. The zero-order valence-corrected chi connectivity index (χ0v) is 26.0. The van der Waals surface area contributed by atoms with Gasteiger partial charge in [-0.05, 0) is 60.4 Å². The second kappa shape index (κ2) is 20.2. The molecule has 228 valence electrons. The first-order valence-corrected chi connectivity index (χ1v) is 15.6. The minimum absolute atomic E-state index is 0.0143.